The first kappa shape index (κ1) is 30.1. The minimum absolute atomic E-state index is 0. The van der Waals surface area contributed by atoms with Gasteiger partial charge in [0.2, 0.25) is 0 Å². The Morgan fingerprint density at radius 2 is 0.940 bits per heavy atom. The SMILES string of the molecule is C1=Cc2nc1c(-c1ccccc1)c1ccc([n-]1)c(-c1ccccc1)c1nc3c(cc4ccccc4c3c3ccc([n-]3)c2-c2ccccc2)C1.[Cu+2]. The van der Waals surface area contributed by atoms with Gasteiger partial charge in [-0.2, -0.15) is 0 Å². The molecular weight excluding hydrogens is 660 g/mol. The Balaban J connectivity index is 0.00000336. The van der Waals surface area contributed by atoms with Gasteiger partial charge in [0.25, 0.3) is 0 Å². The van der Waals surface area contributed by atoms with Crippen molar-refractivity contribution in [2.75, 3.05) is 0 Å². The van der Waals surface area contributed by atoms with Crippen LogP contribution in [0.3, 0.4) is 0 Å². The smallest absolute Gasteiger partial charge is 0.657 e. The molecule has 8 bridgehead atoms. The van der Waals surface area contributed by atoms with E-state index in [2.05, 4.69) is 146 Å². The summed E-state index contributed by atoms with van der Waals surface area (Å²) in [6.45, 7) is 0. The molecule has 239 valence electrons. The summed E-state index contributed by atoms with van der Waals surface area (Å²) in [6.07, 6.45) is 4.94. The second-order valence-electron chi connectivity index (χ2n) is 12.6. The van der Waals surface area contributed by atoms with E-state index in [4.69, 9.17) is 19.9 Å². The van der Waals surface area contributed by atoms with E-state index in [0.717, 1.165) is 88.8 Å². The Kier molecular flexibility index (Phi) is 7.31. The molecule has 0 aliphatic carbocycles. The molecule has 4 nitrogen and oxygen atoms in total. The summed E-state index contributed by atoms with van der Waals surface area (Å²) in [5.41, 5.74) is 14.8. The largest absolute Gasteiger partial charge is 2.00 e. The molecule has 5 aromatic carbocycles. The van der Waals surface area contributed by atoms with Crippen molar-refractivity contribution in [3.8, 4) is 33.4 Å². The van der Waals surface area contributed by atoms with Crippen LogP contribution in [0.2, 0.25) is 0 Å². The van der Waals surface area contributed by atoms with Crippen LogP contribution in [0.4, 0.5) is 0 Å². The van der Waals surface area contributed by atoms with E-state index in [1.54, 1.807) is 0 Å². The van der Waals surface area contributed by atoms with Gasteiger partial charge in [-0.15, -0.1) is 22.1 Å². The van der Waals surface area contributed by atoms with E-state index < -0.39 is 0 Å². The minimum atomic E-state index is 0. The standard InChI is InChI=1S/C45H28N4.Cu/c1-4-12-28(13-5-1)41-34-20-21-35(46-34)42(29-14-6-2-7-15-29)37-24-25-39(48-37)44-33-19-11-10-18-31(33)26-32-27-40(49-45(32)44)43(30-16-8-3-9-17-30)38-23-22-36(41)47-38;/h1-26H,27H2;/q-2;+2. The van der Waals surface area contributed by atoms with E-state index in [1.165, 1.54) is 10.9 Å². The van der Waals surface area contributed by atoms with Crippen LogP contribution >= 0.6 is 0 Å². The molecule has 0 spiro atoms. The van der Waals surface area contributed by atoms with E-state index >= 15 is 0 Å². The molecule has 2 aliphatic heterocycles. The third kappa shape index (κ3) is 4.90. The van der Waals surface area contributed by atoms with E-state index in [9.17, 15) is 0 Å². The van der Waals surface area contributed by atoms with Gasteiger partial charge in [0.05, 0.1) is 22.6 Å². The van der Waals surface area contributed by atoms with Crippen molar-refractivity contribution in [2.45, 2.75) is 6.42 Å². The Bertz CT molecular complexity index is 2780. The number of nitrogens with zero attached hydrogens (tertiary/aromatic N) is 4. The van der Waals surface area contributed by atoms with Crippen molar-refractivity contribution < 1.29 is 17.1 Å². The molecule has 2 aliphatic rings. The van der Waals surface area contributed by atoms with Gasteiger partial charge < -0.3 is 9.97 Å². The van der Waals surface area contributed by atoms with Crippen LogP contribution in [0.25, 0.3) is 89.3 Å². The molecule has 50 heavy (non-hydrogen) atoms. The summed E-state index contributed by atoms with van der Waals surface area (Å²) in [5.74, 6) is 0. The molecule has 5 heteroatoms. The monoisotopic (exact) mass is 687 g/mol. The van der Waals surface area contributed by atoms with Crippen LogP contribution in [0.1, 0.15) is 22.6 Å². The minimum Gasteiger partial charge on any atom is -0.657 e. The number of rotatable bonds is 3. The predicted molar refractivity (Wildman–Crippen MR) is 202 cm³/mol. The number of aromatic nitrogens is 4. The molecule has 10 rings (SSSR count). The van der Waals surface area contributed by atoms with Gasteiger partial charge in [-0.3, -0.25) is 4.98 Å². The first-order chi connectivity index (χ1) is 24.3. The molecule has 3 aromatic heterocycles. The maximum atomic E-state index is 5.48. The third-order valence-electron chi connectivity index (χ3n) is 9.64. The molecule has 0 amide bonds. The average molecular weight is 688 g/mol. The maximum Gasteiger partial charge on any atom is 2.00 e. The Morgan fingerprint density at radius 1 is 0.460 bits per heavy atom. The van der Waals surface area contributed by atoms with Gasteiger partial charge in [0.1, 0.15) is 0 Å². The predicted octanol–water partition coefficient (Wildman–Crippen LogP) is 10.6. The molecule has 1 radical (unpaired) electrons. The molecule has 0 atom stereocenters. The molecule has 0 unspecified atom stereocenters. The average Bonchev–Trinajstić information content (AvgIpc) is 3.98. The van der Waals surface area contributed by atoms with Gasteiger partial charge in [-0.05, 0) is 73.3 Å². The fourth-order valence-corrected chi connectivity index (χ4v) is 7.47. The normalized spacial score (nSPS) is 12.1. The van der Waals surface area contributed by atoms with Crippen molar-refractivity contribution in [1.82, 2.24) is 19.9 Å². The summed E-state index contributed by atoms with van der Waals surface area (Å²) in [5, 5.41) is 3.39. The van der Waals surface area contributed by atoms with Gasteiger partial charge in [0, 0.05) is 6.42 Å². The molecule has 5 heterocycles. The topological polar surface area (TPSA) is 54.0 Å². The second kappa shape index (κ2) is 12.2. The van der Waals surface area contributed by atoms with Gasteiger partial charge in [-0.25, -0.2) is 4.98 Å². The van der Waals surface area contributed by atoms with Crippen LogP contribution in [-0.4, -0.2) is 9.97 Å². The van der Waals surface area contributed by atoms with Crippen molar-refractivity contribution >= 4 is 55.9 Å². The zero-order valence-corrected chi connectivity index (χ0v) is 27.8. The van der Waals surface area contributed by atoms with Crippen molar-refractivity contribution in [2.24, 2.45) is 0 Å². The molecular formula is C45H28CuN4. The van der Waals surface area contributed by atoms with Crippen LogP contribution in [0.15, 0.2) is 146 Å². The van der Waals surface area contributed by atoms with Crippen molar-refractivity contribution in [3.63, 3.8) is 0 Å². The summed E-state index contributed by atoms with van der Waals surface area (Å²) < 4.78 is 0. The van der Waals surface area contributed by atoms with Crippen LogP contribution in [0, 0.1) is 0 Å². The van der Waals surface area contributed by atoms with E-state index in [0.29, 0.717) is 6.42 Å². The second-order valence-corrected chi connectivity index (χ2v) is 12.6. The number of benzene rings is 5. The molecule has 8 aromatic rings. The van der Waals surface area contributed by atoms with E-state index in [1.807, 2.05) is 12.1 Å². The zero-order valence-electron chi connectivity index (χ0n) is 26.8. The summed E-state index contributed by atoms with van der Waals surface area (Å²) in [4.78, 5) is 21.6. The Hall–Kier alpha value is -6.00. The molecule has 0 fully saturated rings. The quantitative estimate of drug-likeness (QED) is 0.174. The Labute approximate surface area is 299 Å². The van der Waals surface area contributed by atoms with Crippen molar-refractivity contribution in [3.05, 3.63) is 168 Å². The van der Waals surface area contributed by atoms with Gasteiger partial charge in [0.15, 0.2) is 0 Å². The van der Waals surface area contributed by atoms with Crippen molar-refractivity contribution in [1.29, 1.82) is 0 Å². The number of fused-ring (bicyclic) bond motifs is 10. The fourth-order valence-electron chi connectivity index (χ4n) is 7.47. The molecule has 0 saturated carbocycles. The van der Waals surface area contributed by atoms with Gasteiger partial charge in [-0.1, -0.05) is 140 Å². The summed E-state index contributed by atoms with van der Waals surface area (Å²) in [6, 6.07) is 50.9. The first-order valence-corrected chi connectivity index (χ1v) is 16.6. The first-order valence-electron chi connectivity index (χ1n) is 16.6. The van der Waals surface area contributed by atoms with Crippen LogP contribution in [-0.2, 0) is 23.5 Å². The molecule has 0 saturated heterocycles. The van der Waals surface area contributed by atoms with E-state index in [-0.39, 0.29) is 17.1 Å². The van der Waals surface area contributed by atoms with Crippen LogP contribution < -0.4 is 9.97 Å². The van der Waals surface area contributed by atoms with Crippen LogP contribution in [0.5, 0.6) is 0 Å². The number of hydrogen-bond acceptors (Lipinski definition) is 2. The zero-order chi connectivity index (χ0) is 32.3. The Morgan fingerprint density at radius 3 is 1.54 bits per heavy atom. The summed E-state index contributed by atoms with van der Waals surface area (Å²) in [7, 11) is 0. The maximum absolute atomic E-state index is 5.48. The van der Waals surface area contributed by atoms with Gasteiger partial charge >= 0.3 is 17.1 Å². The molecule has 0 N–H and O–H groups in total. The fraction of sp³-hybridized carbons (Fsp3) is 0.0222. The third-order valence-corrected chi connectivity index (χ3v) is 9.64. The summed E-state index contributed by atoms with van der Waals surface area (Å²) >= 11 is 0. The number of hydrogen-bond donors (Lipinski definition) is 0.